The number of nitriles is 1. The van der Waals surface area contributed by atoms with E-state index in [9.17, 15) is 47.5 Å². The zero-order valence-electron chi connectivity index (χ0n) is 59.3. The lowest BCUT2D eigenvalue weighted by molar-refractivity contribution is -0.903. The van der Waals surface area contributed by atoms with Crippen LogP contribution < -0.4 is 42.3 Å². The number of urea groups is 1. The molecule has 0 radical (unpaired) electrons. The average Bonchev–Trinajstić information content (AvgIpc) is 1.66. The van der Waals surface area contributed by atoms with Gasteiger partial charge in [-0.15, -0.1) is 0 Å². The van der Waals surface area contributed by atoms with Gasteiger partial charge in [-0.2, -0.15) is 18.4 Å². The number of hydrogen-bond donors (Lipinski definition) is 8. The second-order valence-electron chi connectivity index (χ2n) is 25.9. The Morgan fingerprint density at radius 3 is 2.05 bits per heavy atom. The predicted molar refractivity (Wildman–Crippen MR) is 378 cm³/mol. The minimum Gasteiger partial charge on any atom is -0.542 e. The SMILES string of the molecule is CNCc1cc(NC(=O)[C@H](CCCNC(N)=O)NC(=O)[C@@H](NC(=O)CCOCCOCCOCCC(=O)O)C(C)C)ccc1C[N+](C)(C)CCC[C@@H]1Cc2ccccc2CN1C(=O)c1ccc(Cl)cc1-c1cc(C(=O)N(c2ccc(O)cc2)c2cc(C#N)n(C)c2C)c(C)n1C.O=C([O-])C(F)(F)F. The number of benzene rings is 4. The van der Waals surface area contributed by atoms with Gasteiger partial charge in [0, 0.05) is 96.4 Å². The molecule has 1 aliphatic rings. The van der Waals surface area contributed by atoms with Crippen LogP contribution in [0.15, 0.2) is 97.1 Å². The highest BCUT2D eigenvalue weighted by molar-refractivity contribution is 6.31. The van der Waals surface area contributed by atoms with Gasteiger partial charge in [0.1, 0.15) is 42.1 Å². The minimum absolute atomic E-state index is 0.0312. The number of primary amides is 1. The first kappa shape index (κ1) is 82.1. The van der Waals surface area contributed by atoms with E-state index >= 15 is 9.59 Å². The number of halogens is 4. The van der Waals surface area contributed by atoms with Gasteiger partial charge < -0.3 is 85.2 Å². The number of carbonyl (C=O) groups excluding carboxylic acids is 7. The third-order valence-corrected chi connectivity index (χ3v) is 17.8. The Kier molecular flexibility index (Phi) is 30.7. The van der Waals surface area contributed by atoms with Crippen molar-refractivity contribution in [3.8, 4) is 23.1 Å². The lowest BCUT2D eigenvalue weighted by atomic mass is 9.90. The van der Waals surface area contributed by atoms with Gasteiger partial charge in [-0.1, -0.05) is 55.8 Å². The molecule has 0 saturated heterocycles. The van der Waals surface area contributed by atoms with Crippen LogP contribution in [0.25, 0.3) is 11.3 Å². The van der Waals surface area contributed by atoms with Crippen molar-refractivity contribution in [3.63, 3.8) is 0 Å². The molecule has 0 fully saturated rings. The number of anilines is 3. The predicted octanol–water partition coefficient (Wildman–Crippen LogP) is 7.43. The molecule has 6 aromatic rings. The number of rotatable bonds is 35. The van der Waals surface area contributed by atoms with Crippen molar-refractivity contribution in [1.82, 2.24) is 35.3 Å². The fourth-order valence-electron chi connectivity index (χ4n) is 11.9. The van der Waals surface area contributed by atoms with Gasteiger partial charge >= 0.3 is 18.2 Å². The maximum Gasteiger partial charge on any atom is 0.430 e. The van der Waals surface area contributed by atoms with Crippen LogP contribution in [0.4, 0.5) is 35.0 Å². The number of aromatic hydroxyl groups is 1. The van der Waals surface area contributed by atoms with Crippen LogP contribution in [0.1, 0.15) is 112 Å². The number of hydrogen-bond acceptors (Lipinski definition) is 15. The van der Waals surface area contributed by atoms with Crippen LogP contribution in [-0.4, -0.2) is 174 Å². The summed E-state index contributed by atoms with van der Waals surface area (Å²) in [4.78, 5) is 106. The van der Waals surface area contributed by atoms with Gasteiger partial charge in [-0.25, -0.2) is 4.79 Å². The molecule has 0 bridgehead atoms. The Hall–Kier alpha value is -9.83. The van der Waals surface area contributed by atoms with Crippen molar-refractivity contribution in [2.45, 2.75) is 117 Å². The molecular formula is C73H92ClF3N12O14. The van der Waals surface area contributed by atoms with Crippen molar-refractivity contribution in [1.29, 1.82) is 5.26 Å². The summed E-state index contributed by atoms with van der Waals surface area (Å²) in [6.45, 7) is 10.8. The molecule has 26 nitrogen and oxygen atoms in total. The van der Waals surface area contributed by atoms with E-state index in [1.54, 1.807) is 67.9 Å². The number of nitrogens with one attached hydrogen (secondary N) is 5. The van der Waals surface area contributed by atoms with Crippen molar-refractivity contribution in [3.05, 3.63) is 153 Å². The summed E-state index contributed by atoms with van der Waals surface area (Å²) >= 11 is 6.80. The van der Waals surface area contributed by atoms with Gasteiger partial charge in [0.05, 0.1) is 78.0 Å². The van der Waals surface area contributed by atoms with E-state index in [1.165, 1.54) is 22.6 Å². The smallest absolute Gasteiger partial charge is 0.430 e. The van der Waals surface area contributed by atoms with Crippen LogP contribution in [0.2, 0.25) is 5.02 Å². The molecule has 0 unspecified atom stereocenters. The molecule has 3 atom stereocenters. The van der Waals surface area contributed by atoms with Crippen LogP contribution in [0, 0.1) is 31.1 Å². The van der Waals surface area contributed by atoms with Crippen molar-refractivity contribution in [2.24, 2.45) is 25.7 Å². The third-order valence-electron chi connectivity index (χ3n) is 17.6. The van der Waals surface area contributed by atoms with Crippen LogP contribution in [0.3, 0.4) is 0 Å². The minimum atomic E-state index is -5.19. The molecule has 0 aliphatic carbocycles. The molecule has 3 heterocycles. The van der Waals surface area contributed by atoms with E-state index in [0.717, 1.165) is 29.7 Å². The first-order valence-electron chi connectivity index (χ1n) is 33.5. The fraction of sp³-hybridized carbons (Fsp3) is 0.438. The summed E-state index contributed by atoms with van der Waals surface area (Å²) in [5.41, 5.74) is 14.7. The molecular weight excluding hydrogens is 1360 g/mol. The fourth-order valence-corrected chi connectivity index (χ4v) is 12.0. The second kappa shape index (κ2) is 38.4. The van der Waals surface area contributed by atoms with Crippen molar-refractivity contribution >= 4 is 76.2 Å². The number of nitrogens with two attached hydrogens (primary N) is 1. The molecule has 0 spiro atoms. The topological polar surface area (TPSA) is 354 Å². The third kappa shape index (κ3) is 23.9. The summed E-state index contributed by atoms with van der Waals surface area (Å²) in [5.74, 6) is -6.31. The normalized spacial score (nSPS) is 13.4. The van der Waals surface area contributed by atoms with E-state index in [2.05, 4.69) is 58.9 Å². The maximum absolute atomic E-state index is 15.5. The monoisotopic (exact) mass is 1450 g/mol. The summed E-state index contributed by atoms with van der Waals surface area (Å²) < 4.78 is 51.9. The zero-order chi connectivity index (χ0) is 75.9. The molecule has 4 aromatic carbocycles. The van der Waals surface area contributed by atoms with Gasteiger partial charge in [-0.3, -0.25) is 33.7 Å². The van der Waals surface area contributed by atoms with E-state index in [-0.39, 0.29) is 95.0 Å². The molecule has 103 heavy (non-hydrogen) atoms. The average molecular weight is 1450 g/mol. The lowest BCUT2D eigenvalue weighted by Gasteiger charge is -2.38. The standard InChI is InChI=1S/C71H91ClN12O12.C2HF3O2/c1-45(2)66(79-64(86)26-30-94-32-34-96-35-33-95-31-27-65(87)88)68(90)78-61(17-12-28-76-71(74)93)67(89)77-53-20-18-50(51(36-53)42-75-5)44-84(8,9)29-13-16-55-37-48-14-10-11-15-49(48)43-82(55)69(91)58-25-19-52(72)38-60(58)63-40-59(46(3)81(63)7)70(92)83(54-21-23-57(85)24-22-54)62-39-56(41-73)80(6)47(62)4;3-2(4,5)1(6)7/h10-11,14-15,18-25,36,38-40,45,55,61,66,75H,12-13,16-17,26-35,37,42-44H2,1-9H3,(H7-,74,76,77,78,79,85,86,87,88,89,90,93);(H,6,7)/t55-,61+,66+;/m1./s1. The Bertz CT molecular complexity index is 4000. The number of aliphatic carboxylic acids is 2. The molecule has 0 saturated carbocycles. The Balaban J connectivity index is 0.00000226. The number of aromatic nitrogens is 2. The number of phenols is 1. The highest BCUT2D eigenvalue weighted by atomic mass is 35.5. The number of alkyl halides is 3. The summed E-state index contributed by atoms with van der Waals surface area (Å²) in [6, 6.07) is 28.2. The van der Waals surface area contributed by atoms with Crippen LogP contribution >= 0.6 is 11.6 Å². The first-order valence-corrected chi connectivity index (χ1v) is 33.9. The number of carboxylic acids is 2. The zero-order valence-corrected chi connectivity index (χ0v) is 60.1. The maximum atomic E-state index is 15.5. The molecule has 7 rings (SSSR count). The Labute approximate surface area is 601 Å². The number of amides is 7. The van der Waals surface area contributed by atoms with E-state index in [4.69, 9.17) is 46.6 Å². The number of phenolic OH excluding ortho intramolecular Hbond substituents is 1. The highest BCUT2D eigenvalue weighted by Gasteiger charge is 2.35. The highest BCUT2D eigenvalue weighted by Crippen LogP contribution is 2.38. The summed E-state index contributed by atoms with van der Waals surface area (Å²) in [6.07, 6.45) is -2.76. The number of nitrogens with zero attached hydrogens (tertiary/aromatic N) is 6. The lowest BCUT2D eigenvalue weighted by Crippen LogP contribution is -2.54. The molecule has 556 valence electrons. The molecule has 30 heteroatoms. The van der Waals surface area contributed by atoms with Crippen LogP contribution in [0.5, 0.6) is 5.75 Å². The van der Waals surface area contributed by atoms with Crippen LogP contribution in [-0.2, 0) is 78.3 Å². The number of fused-ring (bicyclic) bond motifs is 1. The van der Waals surface area contributed by atoms with Gasteiger partial charge in [0.25, 0.3) is 11.8 Å². The van der Waals surface area contributed by atoms with Gasteiger partial charge in [-0.05, 0) is 142 Å². The Morgan fingerprint density at radius 1 is 0.806 bits per heavy atom. The van der Waals surface area contributed by atoms with Gasteiger partial charge in [0.2, 0.25) is 17.7 Å². The molecule has 7 amide bonds. The largest absolute Gasteiger partial charge is 0.542 e. The molecule has 9 N–H and O–H groups in total. The molecule has 1 aliphatic heterocycles. The quantitative estimate of drug-likeness (QED) is 0.0142. The number of quaternary nitrogens is 1. The number of carbonyl (C=O) groups is 8. The Morgan fingerprint density at radius 2 is 1.45 bits per heavy atom. The van der Waals surface area contributed by atoms with E-state index in [1.807, 2.05) is 67.7 Å². The van der Waals surface area contributed by atoms with E-state index in [0.29, 0.717) is 105 Å². The van der Waals surface area contributed by atoms with E-state index < -0.39 is 54.0 Å². The second-order valence-corrected chi connectivity index (χ2v) is 26.4. The summed E-state index contributed by atoms with van der Waals surface area (Å²) in [5, 5.41) is 52.5. The van der Waals surface area contributed by atoms with Crippen molar-refractivity contribution in [2.75, 3.05) is 84.1 Å². The summed E-state index contributed by atoms with van der Waals surface area (Å²) in [7, 11) is 9.80. The van der Waals surface area contributed by atoms with Gasteiger partial charge in [0.15, 0.2) is 0 Å². The number of carboxylic acid groups (broad SMARTS) is 2. The van der Waals surface area contributed by atoms with Crippen molar-refractivity contribution < 1.29 is 85.5 Å². The molecule has 2 aromatic heterocycles. The number of ether oxygens (including phenoxy) is 3. The first-order chi connectivity index (χ1) is 48.7.